The van der Waals surface area contributed by atoms with E-state index in [-0.39, 0.29) is 24.0 Å². The third kappa shape index (κ3) is 8.40. The largest absolute Gasteiger partial charge is 0.364 e. The standard InChI is InChI=1S/C18H33N5O.HI/c1-18(2,3)8-5-6-9-20-17(19-4)23-12-10-22(11-13-23)15-16-7-14-24-21-16;/h7,14H,5-6,8-13,15H2,1-4H3,(H,19,20);1H. The summed E-state index contributed by atoms with van der Waals surface area (Å²) in [5.41, 5.74) is 1.44. The summed E-state index contributed by atoms with van der Waals surface area (Å²) in [7, 11) is 1.87. The fraction of sp³-hybridized carbons (Fsp3) is 0.778. The van der Waals surface area contributed by atoms with Crippen molar-refractivity contribution >= 4 is 29.9 Å². The summed E-state index contributed by atoms with van der Waals surface area (Å²) in [4.78, 5) is 9.20. The van der Waals surface area contributed by atoms with Crippen molar-refractivity contribution in [2.45, 2.75) is 46.6 Å². The molecule has 1 aliphatic heterocycles. The highest BCUT2D eigenvalue weighted by atomic mass is 127. The van der Waals surface area contributed by atoms with Gasteiger partial charge in [0.15, 0.2) is 5.96 Å². The van der Waals surface area contributed by atoms with Crippen molar-refractivity contribution < 1.29 is 4.52 Å². The first-order chi connectivity index (χ1) is 11.5. The molecule has 1 N–H and O–H groups in total. The SMILES string of the molecule is CN=C(NCCCCC(C)(C)C)N1CCN(Cc2ccon2)CC1.I. The van der Waals surface area contributed by atoms with Gasteiger partial charge in [-0.2, -0.15) is 0 Å². The van der Waals surface area contributed by atoms with Crippen LogP contribution in [-0.4, -0.2) is 60.7 Å². The lowest BCUT2D eigenvalue weighted by molar-refractivity contribution is 0.169. The number of halogens is 1. The second kappa shape index (κ2) is 11.0. The first-order valence-electron chi connectivity index (χ1n) is 9.05. The summed E-state index contributed by atoms with van der Waals surface area (Å²) in [5.74, 6) is 1.03. The van der Waals surface area contributed by atoms with E-state index in [0.717, 1.165) is 50.9 Å². The Labute approximate surface area is 169 Å². The number of hydrogen-bond donors (Lipinski definition) is 1. The van der Waals surface area contributed by atoms with Crippen LogP contribution in [0.15, 0.2) is 21.8 Å². The van der Waals surface area contributed by atoms with Gasteiger partial charge in [0, 0.05) is 52.4 Å². The Kier molecular flexibility index (Phi) is 9.78. The van der Waals surface area contributed by atoms with Crippen molar-refractivity contribution in [3.05, 3.63) is 18.0 Å². The van der Waals surface area contributed by atoms with Crippen LogP contribution >= 0.6 is 24.0 Å². The van der Waals surface area contributed by atoms with Gasteiger partial charge in [-0.3, -0.25) is 9.89 Å². The Morgan fingerprint density at radius 2 is 1.96 bits per heavy atom. The molecule has 1 aromatic rings. The van der Waals surface area contributed by atoms with Crippen LogP contribution in [0.3, 0.4) is 0 Å². The monoisotopic (exact) mass is 463 g/mol. The van der Waals surface area contributed by atoms with Crippen LogP contribution in [0.5, 0.6) is 0 Å². The van der Waals surface area contributed by atoms with Crippen molar-refractivity contribution in [2.24, 2.45) is 10.4 Å². The van der Waals surface area contributed by atoms with Gasteiger partial charge in [0.2, 0.25) is 0 Å². The number of aromatic nitrogens is 1. The predicted octanol–water partition coefficient (Wildman–Crippen LogP) is 3.20. The minimum atomic E-state index is 0. The molecule has 1 aliphatic rings. The summed E-state index contributed by atoms with van der Waals surface area (Å²) in [5, 5.41) is 7.51. The lowest BCUT2D eigenvalue weighted by Crippen LogP contribution is -2.52. The number of unbranched alkanes of at least 4 members (excludes halogenated alkanes) is 1. The number of rotatable bonds is 6. The van der Waals surface area contributed by atoms with Gasteiger partial charge in [0.1, 0.15) is 6.26 Å². The highest BCUT2D eigenvalue weighted by Gasteiger charge is 2.20. The zero-order valence-corrected chi connectivity index (χ0v) is 18.5. The van der Waals surface area contributed by atoms with Gasteiger partial charge in [-0.1, -0.05) is 32.3 Å². The first kappa shape index (κ1) is 22.2. The molecule has 6 nitrogen and oxygen atoms in total. The van der Waals surface area contributed by atoms with E-state index in [0.29, 0.717) is 5.41 Å². The van der Waals surface area contributed by atoms with Crippen molar-refractivity contribution in [3.63, 3.8) is 0 Å². The van der Waals surface area contributed by atoms with Crippen LogP contribution in [0.4, 0.5) is 0 Å². The van der Waals surface area contributed by atoms with Crippen molar-refractivity contribution in [3.8, 4) is 0 Å². The van der Waals surface area contributed by atoms with Crippen LogP contribution in [0.2, 0.25) is 0 Å². The second-order valence-corrected chi connectivity index (χ2v) is 7.75. The van der Waals surface area contributed by atoms with Crippen molar-refractivity contribution in [1.82, 2.24) is 20.3 Å². The average molecular weight is 463 g/mol. The molecular formula is C18H34IN5O. The molecule has 1 aromatic heterocycles. The highest BCUT2D eigenvalue weighted by Crippen LogP contribution is 2.21. The summed E-state index contributed by atoms with van der Waals surface area (Å²) < 4.78 is 4.90. The van der Waals surface area contributed by atoms with Gasteiger partial charge < -0.3 is 14.7 Å². The lowest BCUT2D eigenvalue weighted by atomic mass is 9.90. The van der Waals surface area contributed by atoms with E-state index in [4.69, 9.17) is 4.52 Å². The van der Waals surface area contributed by atoms with E-state index < -0.39 is 0 Å². The molecule has 0 spiro atoms. The third-order valence-electron chi connectivity index (χ3n) is 4.40. The fourth-order valence-electron chi connectivity index (χ4n) is 2.98. The maximum Gasteiger partial charge on any atom is 0.193 e. The molecule has 2 rings (SSSR count). The zero-order chi connectivity index (χ0) is 17.4. The van der Waals surface area contributed by atoms with E-state index in [1.807, 2.05) is 13.1 Å². The van der Waals surface area contributed by atoms with Crippen LogP contribution in [-0.2, 0) is 6.54 Å². The molecule has 0 unspecified atom stereocenters. The fourth-order valence-corrected chi connectivity index (χ4v) is 2.98. The second-order valence-electron chi connectivity index (χ2n) is 7.75. The number of hydrogen-bond acceptors (Lipinski definition) is 4. The molecule has 0 amide bonds. The molecule has 1 fully saturated rings. The normalized spacial score (nSPS) is 16.6. The smallest absolute Gasteiger partial charge is 0.193 e. The quantitative estimate of drug-likeness (QED) is 0.304. The molecule has 0 aliphatic carbocycles. The number of guanidine groups is 1. The molecule has 0 atom stereocenters. The van der Waals surface area contributed by atoms with Gasteiger partial charge in [-0.15, -0.1) is 24.0 Å². The summed E-state index contributed by atoms with van der Waals surface area (Å²) in [6.45, 7) is 12.8. The molecule has 0 radical (unpaired) electrons. The minimum absolute atomic E-state index is 0. The van der Waals surface area contributed by atoms with E-state index in [9.17, 15) is 0 Å². The molecule has 1 saturated heterocycles. The minimum Gasteiger partial charge on any atom is -0.364 e. The molecule has 0 bridgehead atoms. The first-order valence-corrected chi connectivity index (χ1v) is 9.05. The summed E-state index contributed by atoms with van der Waals surface area (Å²) in [6.07, 6.45) is 5.37. The molecule has 0 saturated carbocycles. The van der Waals surface area contributed by atoms with E-state index in [2.05, 4.69) is 46.0 Å². The van der Waals surface area contributed by atoms with Gasteiger partial charge in [0.25, 0.3) is 0 Å². The van der Waals surface area contributed by atoms with Gasteiger partial charge >= 0.3 is 0 Å². The Hall–Kier alpha value is -0.830. The Morgan fingerprint density at radius 3 is 2.52 bits per heavy atom. The van der Waals surface area contributed by atoms with Gasteiger partial charge in [-0.25, -0.2) is 0 Å². The number of piperazine rings is 1. The third-order valence-corrected chi connectivity index (χ3v) is 4.40. The van der Waals surface area contributed by atoms with Crippen LogP contribution < -0.4 is 5.32 Å². The molecular weight excluding hydrogens is 429 g/mol. The number of nitrogens with zero attached hydrogens (tertiary/aromatic N) is 4. The highest BCUT2D eigenvalue weighted by molar-refractivity contribution is 14.0. The average Bonchev–Trinajstić information content (AvgIpc) is 3.04. The van der Waals surface area contributed by atoms with E-state index in [1.54, 1.807) is 6.26 Å². The maximum atomic E-state index is 4.90. The van der Waals surface area contributed by atoms with E-state index >= 15 is 0 Å². The summed E-state index contributed by atoms with van der Waals surface area (Å²) >= 11 is 0. The molecule has 7 heteroatoms. The maximum absolute atomic E-state index is 4.90. The van der Waals surface area contributed by atoms with Gasteiger partial charge in [0.05, 0.1) is 5.69 Å². The van der Waals surface area contributed by atoms with E-state index in [1.165, 1.54) is 19.3 Å². The van der Waals surface area contributed by atoms with Gasteiger partial charge in [-0.05, 0) is 18.3 Å². The van der Waals surface area contributed by atoms with Crippen LogP contribution in [0, 0.1) is 5.41 Å². The molecule has 144 valence electrons. The van der Waals surface area contributed by atoms with Crippen molar-refractivity contribution in [2.75, 3.05) is 39.8 Å². The topological polar surface area (TPSA) is 56.9 Å². The molecule has 0 aromatic carbocycles. The number of nitrogens with one attached hydrogen (secondary N) is 1. The zero-order valence-electron chi connectivity index (χ0n) is 16.1. The lowest BCUT2D eigenvalue weighted by Gasteiger charge is -2.36. The Bertz CT molecular complexity index is 490. The Morgan fingerprint density at radius 1 is 1.24 bits per heavy atom. The summed E-state index contributed by atoms with van der Waals surface area (Å²) in [6, 6.07) is 1.93. The molecule has 25 heavy (non-hydrogen) atoms. The molecule has 2 heterocycles. The van der Waals surface area contributed by atoms with Crippen molar-refractivity contribution in [1.29, 1.82) is 0 Å². The Balaban J connectivity index is 0.00000312. The van der Waals surface area contributed by atoms with Crippen LogP contribution in [0.1, 0.15) is 45.7 Å². The number of aliphatic imine (C=N–C) groups is 1. The van der Waals surface area contributed by atoms with Crippen LogP contribution in [0.25, 0.3) is 0 Å². The predicted molar refractivity (Wildman–Crippen MR) is 113 cm³/mol.